The molecule has 0 aliphatic heterocycles. The zero-order valence-electron chi connectivity index (χ0n) is 8.65. The molecule has 0 fully saturated rings. The second-order valence-corrected chi connectivity index (χ2v) is 4.80. The number of hydrogen-bond acceptors (Lipinski definition) is 4. The van der Waals surface area contributed by atoms with Crippen molar-refractivity contribution in [1.82, 2.24) is 0 Å². The van der Waals surface area contributed by atoms with Crippen molar-refractivity contribution in [2.24, 2.45) is 0 Å². The van der Waals surface area contributed by atoms with Crippen molar-refractivity contribution in [3.63, 3.8) is 0 Å². The molecular weight excluding hydrogens is 204 g/mol. The van der Waals surface area contributed by atoms with Gasteiger partial charge in [0.15, 0.2) is 0 Å². The largest absolute Gasteiger partial charge is 0.528 e. The fourth-order valence-electron chi connectivity index (χ4n) is 0.500. The van der Waals surface area contributed by atoms with Crippen LogP contribution in [0.2, 0.25) is 0 Å². The van der Waals surface area contributed by atoms with E-state index in [9.17, 15) is 4.79 Å². The molecule has 0 spiro atoms. The molecule has 0 atom stereocenters. The van der Waals surface area contributed by atoms with Crippen molar-refractivity contribution in [3.8, 4) is 0 Å². The first-order valence-corrected chi connectivity index (χ1v) is 5.46. The molecule has 0 bridgehead atoms. The molecule has 0 saturated carbocycles. The molecule has 5 nitrogen and oxygen atoms in total. The average Bonchev–Trinajstić information content (AvgIpc) is 2.23. The highest BCUT2D eigenvalue weighted by Gasteiger charge is 2.33. The lowest BCUT2D eigenvalue weighted by Crippen LogP contribution is -2.40. The Bertz CT molecular complexity index is 180. The smallest absolute Gasteiger partial charge is 0.478 e. The minimum atomic E-state index is -2.43. The topological polar surface area (TPSA) is 65.0 Å². The lowest BCUT2D eigenvalue weighted by Gasteiger charge is -2.19. The summed E-state index contributed by atoms with van der Waals surface area (Å²) >= 11 is 0. The van der Waals surface area contributed by atoms with Crippen LogP contribution in [0.25, 0.3) is 0 Å². The number of hydrogen-bond donors (Lipinski definition) is 1. The van der Waals surface area contributed by atoms with Gasteiger partial charge in [0.05, 0.1) is 0 Å². The highest BCUT2D eigenvalue weighted by atomic mass is 28.4. The Kier molecular flexibility index (Phi) is 9.57. The van der Waals surface area contributed by atoms with E-state index in [-0.39, 0.29) is 0 Å². The van der Waals surface area contributed by atoms with E-state index in [1.165, 1.54) is 0 Å². The molecule has 0 aliphatic rings. The first-order chi connectivity index (χ1) is 6.51. The Morgan fingerprint density at radius 2 is 1.50 bits per heavy atom. The summed E-state index contributed by atoms with van der Waals surface area (Å²) in [6.45, 7) is 6.49. The van der Waals surface area contributed by atoms with Crippen LogP contribution >= 0.6 is 0 Å². The van der Waals surface area contributed by atoms with Gasteiger partial charge in [-0.15, -0.1) is 0 Å². The summed E-state index contributed by atoms with van der Waals surface area (Å²) in [5.74, 6) is -0.981. The van der Waals surface area contributed by atoms with Crippen molar-refractivity contribution in [2.75, 3.05) is 21.3 Å². The number of carbonyl (C=O) groups is 1. The van der Waals surface area contributed by atoms with E-state index >= 15 is 0 Å². The lowest BCUT2D eigenvalue weighted by molar-refractivity contribution is -0.131. The number of carboxylic acids is 1. The Labute approximate surface area is 85.0 Å². The Hall–Kier alpha value is -0.953. The molecule has 0 aromatic heterocycles. The van der Waals surface area contributed by atoms with E-state index in [4.69, 9.17) is 18.4 Å². The third kappa shape index (κ3) is 6.55. The zero-order valence-corrected chi connectivity index (χ0v) is 9.65. The maximum Gasteiger partial charge on any atom is 0.528 e. The van der Waals surface area contributed by atoms with E-state index in [1.807, 2.05) is 0 Å². The minimum Gasteiger partial charge on any atom is -0.478 e. The summed E-state index contributed by atoms with van der Waals surface area (Å²) in [6.07, 6.45) is 0.833. The van der Waals surface area contributed by atoms with Crippen LogP contribution in [-0.4, -0.2) is 41.2 Å². The fourth-order valence-corrected chi connectivity index (χ4v) is 1.50. The number of aliphatic carboxylic acids is 1. The highest BCUT2D eigenvalue weighted by molar-refractivity contribution is 6.66. The summed E-state index contributed by atoms with van der Waals surface area (Å²) in [4.78, 5) is 9.25. The normalized spacial score (nSPS) is 9.64. The van der Waals surface area contributed by atoms with Crippen LogP contribution in [0.3, 0.4) is 0 Å². The van der Waals surface area contributed by atoms with Crippen molar-refractivity contribution in [2.45, 2.75) is 0 Å². The Morgan fingerprint density at radius 1 is 1.21 bits per heavy atom. The monoisotopic (exact) mass is 220 g/mol. The SMILES string of the molecule is C=CC(=O)O.C=C[Si](OC)(OC)OC. The molecular formula is C8H16O5Si. The van der Waals surface area contributed by atoms with Crippen molar-refractivity contribution >= 4 is 14.8 Å². The van der Waals surface area contributed by atoms with E-state index < -0.39 is 14.8 Å². The van der Waals surface area contributed by atoms with Crippen LogP contribution in [0.5, 0.6) is 0 Å². The van der Waals surface area contributed by atoms with E-state index in [1.54, 1.807) is 27.0 Å². The van der Waals surface area contributed by atoms with Gasteiger partial charge in [-0.25, -0.2) is 4.79 Å². The van der Waals surface area contributed by atoms with Crippen LogP contribution < -0.4 is 0 Å². The Morgan fingerprint density at radius 3 is 1.50 bits per heavy atom. The predicted octanol–water partition coefficient (Wildman–Crippen LogP) is 0.847. The van der Waals surface area contributed by atoms with E-state index in [0.29, 0.717) is 0 Å². The Balaban J connectivity index is 0. The summed E-state index contributed by atoms with van der Waals surface area (Å²) in [5, 5.41) is 7.60. The van der Waals surface area contributed by atoms with Crippen LogP contribution in [0.1, 0.15) is 0 Å². The van der Waals surface area contributed by atoms with Gasteiger partial charge in [0.1, 0.15) is 0 Å². The van der Waals surface area contributed by atoms with Gasteiger partial charge >= 0.3 is 14.8 Å². The molecule has 1 N–H and O–H groups in total. The third-order valence-corrected chi connectivity index (χ3v) is 3.49. The first kappa shape index (κ1) is 15.5. The summed E-state index contributed by atoms with van der Waals surface area (Å²) in [5.41, 5.74) is 1.58. The summed E-state index contributed by atoms with van der Waals surface area (Å²) < 4.78 is 14.9. The molecule has 0 aliphatic carbocycles. The van der Waals surface area contributed by atoms with Gasteiger partial charge in [0, 0.05) is 27.4 Å². The molecule has 14 heavy (non-hydrogen) atoms. The molecule has 82 valence electrons. The molecule has 6 heteroatoms. The van der Waals surface area contributed by atoms with Gasteiger partial charge in [0.2, 0.25) is 0 Å². The van der Waals surface area contributed by atoms with Crippen molar-refractivity contribution in [3.05, 3.63) is 24.9 Å². The van der Waals surface area contributed by atoms with Gasteiger partial charge in [-0.3, -0.25) is 0 Å². The van der Waals surface area contributed by atoms with E-state index in [0.717, 1.165) is 6.08 Å². The van der Waals surface area contributed by atoms with E-state index in [2.05, 4.69) is 13.2 Å². The number of rotatable bonds is 5. The zero-order chi connectivity index (χ0) is 11.6. The highest BCUT2D eigenvalue weighted by Crippen LogP contribution is 2.04. The first-order valence-electron chi connectivity index (χ1n) is 3.66. The molecule has 0 unspecified atom stereocenters. The molecule has 0 saturated heterocycles. The van der Waals surface area contributed by atoms with Crippen molar-refractivity contribution < 1.29 is 23.2 Å². The molecule has 0 aromatic carbocycles. The average molecular weight is 220 g/mol. The predicted molar refractivity (Wildman–Crippen MR) is 54.8 cm³/mol. The van der Waals surface area contributed by atoms with Gasteiger partial charge in [-0.1, -0.05) is 13.2 Å². The lowest BCUT2D eigenvalue weighted by atomic mass is 10.7. The second kappa shape index (κ2) is 8.64. The van der Waals surface area contributed by atoms with Crippen LogP contribution in [-0.2, 0) is 18.1 Å². The standard InChI is InChI=1S/C5H12O3Si.C3H4O2/c1-5-9(6-2,7-3)8-4;1-2-3(4)5/h5H,1H2,2-4H3;2H,1H2,(H,4,5). The third-order valence-electron chi connectivity index (χ3n) is 1.28. The molecule has 0 radical (unpaired) electrons. The molecule has 0 aromatic rings. The summed E-state index contributed by atoms with van der Waals surface area (Å²) in [7, 11) is 2.20. The number of carboxylic acid groups (broad SMARTS) is 1. The minimum absolute atomic E-state index is 0.833. The van der Waals surface area contributed by atoms with Crippen molar-refractivity contribution in [1.29, 1.82) is 0 Å². The van der Waals surface area contributed by atoms with Gasteiger partial charge < -0.3 is 18.4 Å². The fraction of sp³-hybridized carbons (Fsp3) is 0.375. The van der Waals surface area contributed by atoms with Crippen LogP contribution in [0.4, 0.5) is 0 Å². The van der Waals surface area contributed by atoms with Gasteiger partial charge in [-0.05, 0) is 5.70 Å². The van der Waals surface area contributed by atoms with Gasteiger partial charge in [0.25, 0.3) is 0 Å². The van der Waals surface area contributed by atoms with Crippen LogP contribution in [0, 0.1) is 0 Å². The second-order valence-electron chi connectivity index (χ2n) is 1.96. The van der Waals surface area contributed by atoms with Crippen LogP contribution in [0.15, 0.2) is 24.9 Å². The quantitative estimate of drug-likeness (QED) is 0.549. The molecule has 0 amide bonds. The maximum atomic E-state index is 9.25. The maximum absolute atomic E-state index is 9.25. The molecule has 0 heterocycles. The molecule has 0 rings (SSSR count). The summed E-state index contributed by atoms with van der Waals surface area (Å²) in [6, 6.07) is 0. The van der Waals surface area contributed by atoms with Gasteiger partial charge in [-0.2, -0.15) is 0 Å².